The van der Waals surface area contributed by atoms with E-state index in [1.807, 2.05) is 13.8 Å². The maximum absolute atomic E-state index is 12.4. The minimum Gasteiger partial charge on any atom is -0.478 e. The van der Waals surface area contributed by atoms with Crippen molar-refractivity contribution in [2.24, 2.45) is 0 Å². The van der Waals surface area contributed by atoms with Crippen LogP contribution in [0.2, 0.25) is 0 Å². The van der Waals surface area contributed by atoms with E-state index < -0.39 is 5.97 Å². The van der Waals surface area contributed by atoms with Gasteiger partial charge in [0.15, 0.2) is 5.65 Å². The molecule has 2 N–H and O–H groups in total. The highest BCUT2D eigenvalue weighted by molar-refractivity contribution is 6.04. The van der Waals surface area contributed by atoms with Gasteiger partial charge in [-0.25, -0.2) is 4.79 Å². The van der Waals surface area contributed by atoms with Crippen LogP contribution in [0.3, 0.4) is 0 Å². The summed E-state index contributed by atoms with van der Waals surface area (Å²) in [6.07, 6.45) is 1.70. The summed E-state index contributed by atoms with van der Waals surface area (Å²) in [5, 5.41) is 19.8. The number of nitrogens with one attached hydrogen (secondary N) is 1. The van der Waals surface area contributed by atoms with Crippen LogP contribution < -0.4 is 5.32 Å². The van der Waals surface area contributed by atoms with E-state index in [0.29, 0.717) is 16.9 Å². The molecule has 0 aliphatic heterocycles. The van der Waals surface area contributed by atoms with Crippen molar-refractivity contribution in [3.8, 4) is 0 Å². The smallest absolute Gasteiger partial charge is 0.335 e. The van der Waals surface area contributed by atoms with E-state index in [-0.39, 0.29) is 17.4 Å². The van der Waals surface area contributed by atoms with Gasteiger partial charge in [-0.3, -0.25) is 9.20 Å². The van der Waals surface area contributed by atoms with Crippen molar-refractivity contribution in [3.05, 3.63) is 59.5 Å². The van der Waals surface area contributed by atoms with Crippen LogP contribution in [0.15, 0.2) is 42.6 Å². The molecule has 7 nitrogen and oxygen atoms in total. The molecule has 0 radical (unpaired) electrons. The van der Waals surface area contributed by atoms with E-state index in [4.69, 9.17) is 5.11 Å². The normalized spacial score (nSPS) is 11.0. The zero-order valence-electron chi connectivity index (χ0n) is 13.2. The number of carbonyl (C=O) groups is 2. The van der Waals surface area contributed by atoms with Crippen molar-refractivity contribution in [2.45, 2.75) is 19.8 Å². The molecular weight excluding hydrogens is 308 g/mol. The summed E-state index contributed by atoms with van der Waals surface area (Å²) in [5.74, 6) is -0.331. The Balaban J connectivity index is 1.85. The Kier molecular flexibility index (Phi) is 3.99. The Bertz CT molecular complexity index is 913. The predicted octanol–water partition coefficient (Wildman–Crippen LogP) is 2.80. The van der Waals surface area contributed by atoms with Crippen LogP contribution >= 0.6 is 0 Å². The fourth-order valence-electron chi connectivity index (χ4n) is 2.34. The van der Waals surface area contributed by atoms with Gasteiger partial charge in [-0.1, -0.05) is 13.8 Å². The number of nitrogens with zero attached hydrogens (tertiary/aromatic N) is 3. The summed E-state index contributed by atoms with van der Waals surface area (Å²) in [5.41, 5.74) is 1.84. The van der Waals surface area contributed by atoms with Gasteiger partial charge in [0, 0.05) is 17.8 Å². The Morgan fingerprint density at radius 3 is 2.33 bits per heavy atom. The van der Waals surface area contributed by atoms with E-state index in [0.717, 1.165) is 5.82 Å². The summed E-state index contributed by atoms with van der Waals surface area (Å²) < 4.78 is 1.80. The van der Waals surface area contributed by atoms with Crippen molar-refractivity contribution < 1.29 is 14.7 Å². The number of aromatic nitrogens is 3. The first-order chi connectivity index (χ1) is 11.5. The number of pyridine rings is 1. The summed E-state index contributed by atoms with van der Waals surface area (Å²) >= 11 is 0. The number of benzene rings is 1. The average Bonchev–Trinajstić information content (AvgIpc) is 2.98. The van der Waals surface area contributed by atoms with Crippen LogP contribution in [0.1, 0.15) is 46.3 Å². The number of hydrogen-bond acceptors (Lipinski definition) is 4. The lowest BCUT2D eigenvalue weighted by Gasteiger charge is -2.07. The molecular formula is C17H16N4O3. The van der Waals surface area contributed by atoms with Gasteiger partial charge >= 0.3 is 5.97 Å². The van der Waals surface area contributed by atoms with Crippen LogP contribution in [-0.4, -0.2) is 31.6 Å². The van der Waals surface area contributed by atoms with Gasteiger partial charge in [-0.05, 0) is 36.4 Å². The number of carbonyl (C=O) groups excluding carboxylic acids is 1. The Morgan fingerprint density at radius 2 is 1.71 bits per heavy atom. The molecule has 0 saturated carbocycles. The number of aromatic carboxylic acids is 1. The topological polar surface area (TPSA) is 96.6 Å². The highest BCUT2D eigenvalue weighted by atomic mass is 16.4. The lowest BCUT2D eigenvalue weighted by atomic mass is 10.2. The lowest BCUT2D eigenvalue weighted by Crippen LogP contribution is -2.13. The van der Waals surface area contributed by atoms with E-state index in [1.165, 1.54) is 12.1 Å². The minimum absolute atomic E-state index is 0.167. The minimum atomic E-state index is -1.01. The van der Waals surface area contributed by atoms with Gasteiger partial charge in [0.2, 0.25) is 0 Å². The average molecular weight is 324 g/mol. The molecule has 3 rings (SSSR count). The summed E-state index contributed by atoms with van der Waals surface area (Å²) in [7, 11) is 0. The van der Waals surface area contributed by atoms with Crippen LogP contribution in [0, 0.1) is 0 Å². The van der Waals surface area contributed by atoms with E-state index >= 15 is 0 Å². The molecule has 0 aliphatic carbocycles. The second kappa shape index (κ2) is 6.11. The summed E-state index contributed by atoms with van der Waals surface area (Å²) in [4.78, 5) is 23.2. The fraction of sp³-hybridized carbons (Fsp3) is 0.176. The van der Waals surface area contributed by atoms with E-state index in [9.17, 15) is 9.59 Å². The largest absolute Gasteiger partial charge is 0.478 e. The molecule has 3 aromatic rings. The van der Waals surface area contributed by atoms with Crippen LogP contribution in [0.5, 0.6) is 0 Å². The molecule has 0 atom stereocenters. The van der Waals surface area contributed by atoms with Crippen LogP contribution in [0.25, 0.3) is 5.65 Å². The third kappa shape index (κ3) is 2.96. The maximum Gasteiger partial charge on any atom is 0.335 e. The zero-order valence-corrected chi connectivity index (χ0v) is 13.2. The first-order valence-electron chi connectivity index (χ1n) is 7.45. The van der Waals surface area contributed by atoms with Gasteiger partial charge in [0.1, 0.15) is 5.82 Å². The molecule has 122 valence electrons. The molecule has 0 fully saturated rings. The molecule has 24 heavy (non-hydrogen) atoms. The number of carboxylic acids is 1. The van der Waals surface area contributed by atoms with Gasteiger partial charge in [0.05, 0.1) is 11.1 Å². The van der Waals surface area contributed by atoms with Crippen molar-refractivity contribution >= 4 is 23.2 Å². The quantitative estimate of drug-likeness (QED) is 0.769. The third-order valence-corrected chi connectivity index (χ3v) is 3.60. The second-order valence-electron chi connectivity index (χ2n) is 5.70. The molecule has 2 heterocycles. The standard InChI is InChI=1S/C17H16N4O3/c1-10(2)15-20-19-14-8-5-12(9-21(14)15)16(22)18-13-6-3-11(4-7-13)17(23)24/h3-10H,1-2H3,(H,18,22)(H,23,24). The molecule has 2 aromatic heterocycles. The Labute approximate surface area is 138 Å². The number of rotatable bonds is 4. The first kappa shape index (κ1) is 15.7. The predicted molar refractivity (Wildman–Crippen MR) is 88.4 cm³/mol. The SMILES string of the molecule is CC(C)c1nnc2ccc(C(=O)Nc3ccc(C(=O)O)cc3)cn12. The van der Waals surface area contributed by atoms with Crippen LogP contribution in [-0.2, 0) is 0 Å². The molecule has 0 spiro atoms. The third-order valence-electron chi connectivity index (χ3n) is 3.60. The number of hydrogen-bond donors (Lipinski definition) is 2. The van der Waals surface area contributed by atoms with Crippen molar-refractivity contribution in [1.82, 2.24) is 14.6 Å². The van der Waals surface area contributed by atoms with Crippen molar-refractivity contribution in [2.75, 3.05) is 5.32 Å². The molecule has 1 amide bonds. The molecule has 7 heteroatoms. The maximum atomic E-state index is 12.4. The van der Waals surface area contributed by atoms with Gasteiger partial charge in [0.25, 0.3) is 5.91 Å². The second-order valence-corrected chi connectivity index (χ2v) is 5.70. The van der Waals surface area contributed by atoms with Gasteiger partial charge in [-0.15, -0.1) is 10.2 Å². The monoisotopic (exact) mass is 324 g/mol. The number of anilines is 1. The highest BCUT2D eigenvalue weighted by Crippen LogP contribution is 2.16. The van der Waals surface area contributed by atoms with Crippen molar-refractivity contribution in [1.29, 1.82) is 0 Å². The Hall–Kier alpha value is -3.22. The first-order valence-corrected chi connectivity index (χ1v) is 7.45. The molecule has 0 unspecified atom stereocenters. The Morgan fingerprint density at radius 1 is 1.04 bits per heavy atom. The summed E-state index contributed by atoms with van der Waals surface area (Å²) in [6.45, 7) is 4.01. The highest BCUT2D eigenvalue weighted by Gasteiger charge is 2.13. The van der Waals surface area contributed by atoms with Gasteiger partial charge < -0.3 is 10.4 Å². The van der Waals surface area contributed by atoms with Gasteiger partial charge in [-0.2, -0.15) is 0 Å². The summed E-state index contributed by atoms with van der Waals surface area (Å²) in [6, 6.07) is 9.41. The number of fused-ring (bicyclic) bond motifs is 1. The van der Waals surface area contributed by atoms with Crippen molar-refractivity contribution in [3.63, 3.8) is 0 Å². The fourth-order valence-corrected chi connectivity index (χ4v) is 2.34. The number of carboxylic acid groups (broad SMARTS) is 1. The molecule has 0 aliphatic rings. The van der Waals surface area contributed by atoms with E-state index in [2.05, 4.69) is 15.5 Å². The zero-order chi connectivity index (χ0) is 17.3. The molecule has 0 bridgehead atoms. The molecule has 0 saturated heterocycles. The lowest BCUT2D eigenvalue weighted by molar-refractivity contribution is 0.0696. The van der Waals surface area contributed by atoms with Crippen LogP contribution in [0.4, 0.5) is 5.69 Å². The van der Waals surface area contributed by atoms with E-state index in [1.54, 1.807) is 34.9 Å². The molecule has 1 aromatic carbocycles. The number of amides is 1.